The monoisotopic (exact) mass is 476 g/mol. The minimum atomic E-state index is -1.37. The van der Waals surface area contributed by atoms with Gasteiger partial charge < -0.3 is 15.9 Å². The van der Waals surface area contributed by atoms with Gasteiger partial charge in [-0.3, -0.25) is 9.79 Å². The van der Waals surface area contributed by atoms with E-state index < -0.39 is 23.0 Å². The molecule has 2 aromatic rings. The molecule has 2 aromatic carbocycles. The summed E-state index contributed by atoms with van der Waals surface area (Å²) < 4.78 is 13.4. The molecule has 1 fully saturated rings. The van der Waals surface area contributed by atoms with Crippen LogP contribution in [-0.2, 0) is 17.6 Å². The third kappa shape index (κ3) is 4.86. The van der Waals surface area contributed by atoms with Crippen LogP contribution in [-0.4, -0.2) is 35.0 Å². The molecule has 0 bridgehead atoms. The normalized spacial score (nSPS) is 25.0. The lowest BCUT2D eigenvalue weighted by Gasteiger charge is -2.43. The molecule has 1 amide bonds. The van der Waals surface area contributed by atoms with Crippen LogP contribution < -0.4 is 5.73 Å². The van der Waals surface area contributed by atoms with Crippen molar-refractivity contribution in [3.8, 4) is 0 Å². The van der Waals surface area contributed by atoms with E-state index in [0.29, 0.717) is 37.7 Å². The predicted octanol–water partition coefficient (Wildman–Crippen LogP) is 4.38. The number of hydrogen-bond donors (Lipinski definition) is 3. The van der Waals surface area contributed by atoms with Gasteiger partial charge in [0.1, 0.15) is 5.82 Å². The van der Waals surface area contributed by atoms with Crippen molar-refractivity contribution in [3.05, 3.63) is 93.8 Å². The van der Waals surface area contributed by atoms with Gasteiger partial charge in [-0.1, -0.05) is 55.0 Å². The lowest BCUT2D eigenvalue weighted by Crippen LogP contribution is -2.44. The number of fused-ring (bicyclic) bond motifs is 1. The van der Waals surface area contributed by atoms with Crippen molar-refractivity contribution in [2.45, 2.75) is 57.2 Å². The number of amides is 1. The van der Waals surface area contributed by atoms with Crippen LogP contribution in [0.1, 0.15) is 55.4 Å². The summed E-state index contributed by atoms with van der Waals surface area (Å²) in [6, 6.07) is 13.8. The van der Waals surface area contributed by atoms with Crippen LogP contribution in [0.15, 0.2) is 76.3 Å². The van der Waals surface area contributed by atoms with Crippen LogP contribution in [0.2, 0.25) is 0 Å². The number of rotatable bonds is 8. The van der Waals surface area contributed by atoms with Gasteiger partial charge in [0.25, 0.3) is 5.91 Å². The second kappa shape index (κ2) is 9.88. The Morgan fingerprint density at radius 2 is 1.94 bits per heavy atom. The Balaban J connectivity index is 1.59. The first-order chi connectivity index (χ1) is 16.7. The van der Waals surface area contributed by atoms with Gasteiger partial charge in [0.05, 0.1) is 5.60 Å². The molecule has 0 aliphatic heterocycles. The summed E-state index contributed by atoms with van der Waals surface area (Å²) in [5, 5.41) is 22.2. The Bertz CT molecular complexity index is 1200. The summed E-state index contributed by atoms with van der Waals surface area (Å²) in [5.74, 6) is -1.04. The predicted molar refractivity (Wildman–Crippen MR) is 135 cm³/mol. The van der Waals surface area contributed by atoms with Crippen LogP contribution in [0.3, 0.4) is 0 Å². The van der Waals surface area contributed by atoms with Crippen molar-refractivity contribution in [3.63, 3.8) is 0 Å². The number of nitrogens with two attached hydrogens (primary N) is 1. The van der Waals surface area contributed by atoms with Crippen molar-refractivity contribution >= 4 is 12.1 Å². The summed E-state index contributed by atoms with van der Waals surface area (Å²) in [7, 11) is 1.74. The molecule has 2 aliphatic rings. The molecule has 6 heteroatoms. The largest absolute Gasteiger partial charge is 0.389 e. The molecule has 4 rings (SSSR count). The highest BCUT2D eigenvalue weighted by atomic mass is 19.1. The van der Waals surface area contributed by atoms with Crippen molar-refractivity contribution in [2.75, 3.05) is 7.05 Å². The fraction of sp³-hybridized carbons (Fsp3) is 0.379. The average molecular weight is 477 g/mol. The van der Waals surface area contributed by atoms with E-state index in [9.17, 15) is 19.4 Å². The zero-order valence-electron chi connectivity index (χ0n) is 20.3. The first kappa shape index (κ1) is 25.0. The molecule has 0 saturated heterocycles. The van der Waals surface area contributed by atoms with Crippen LogP contribution >= 0.6 is 0 Å². The standard InChI is InChI=1S/C29H33FN2O3/c1-28-17-22(18-32-2)21(15-19-7-9-24(30)10-8-19)16-23(28)12-14-29(28,35)13-11-20-5-3-4-6-25(20)26(33)27(31)34/h3-10,16,18,26,33,35H,11-15,17H2,1-2H3,(H2,31,34)/b32-18-. The van der Waals surface area contributed by atoms with Gasteiger partial charge in [-0.05, 0) is 78.5 Å². The summed E-state index contributed by atoms with van der Waals surface area (Å²) in [4.78, 5) is 15.8. The van der Waals surface area contributed by atoms with Crippen molar-refractivity contribution in [1.82, 2.24) is 0 Å². The van der Waals surface area contributed by atoms with Crippen LogP contribution in [0.25, 0.3) is 0 Å². The molecular formula is C29H33FN2O3. The summed E-state index contributed by atoms with van der Waals surface area (Å²) >= 11 is 0. The Hall–Kier alpha value is -3.09. The average Bonchev–Trinajstić information content (AvgIpc) is 3.09. The van der Waals surface area contributed by atoms with E-state index in [0.717, 1.165) is 28.7 Å². The van der Waals surface area contributed by atoms with Gasteiger partial charge in [0.2, 0.25) is 0 Å². The van der Waals surface area contributed by atoms with Gasteiger partial charge >= 0.3 is 0 Å². The number of aliphatic hydroxyl groups excluding tert-OH is 1. The zero-order chi connectivity index (χ0) is 25.2. The molecule has 1 saturated carbocycles. The molecule has 0 radical (unpaired) electrons. The maximum atomic E-state index is 13.4. The van der Waals surface area contributed by atoms with E-state index in [1.165, 1.54) is 17.7 Å². The number of nitrogens with zero attached hydrogens (tertiary/aromatic N) is 1. The number of halogens is 1. The van der Waals surface area contributed by atoms with Gasteiger partial charge in [0.15, 0.2) is 6.10 Å². The molecule has 3 unspecified atom stereocenters. The quantitative estimate of drug-likeness (QED) is 0.494. The van der Waals surface area contributed by atoms with E-state index in [1.54, 1.807) is 31.3 Å². The number of carbonyl (C=O) groups excluding carboxylic acids is 1. The molecule has 2 aliphatic carbocycles. The maximum Gasteiger partial charge on any atom is 0.250 e. The summed E-state index contributed by atoms with van der Waals surface area (Å²) in [6.45, 7) is 2.12. The number of hydrogen-bond acceptors (Lipinski definition) is 4. The van der Waals surface area contributed by atoms with E-state index >= 15 is 0 Å². The van der Waals surface area contributed by atoms with Gasteiger partial charge in [-0.2, -0.15) is 0 Å². The molecule has 5 nitrogen and oxygen atoms in total. The molecule has 0 aromatic heterocycles. The molecule has 35 heavy (non-hydrogen) atoms. The van der Waals surface area contributed by atoms with Gasteiger partial charge in [-0.25, -0.2) is 4.39 Å². The van der Waals surface area contributed by atoms with Crippen molar-refractivity contribution in [1.29, 1.82) is 0 Å². The third-order valence-corrected chi connectivity index (χ3v) is 7.87. The number of benzene rings is 2. The lowest BCUT2D eigenvalue weighted by atomic mass is 9.64. The topological polar surface area (TPSA) is 95.9 Å². The van der Waals surface area contributed by atoms with E-state index in [2.05, 4.69) is 18.0 Å². The molecule has 184 valence electrons. The smallest absolute Gasteiger partial charge is 0.250 e. The van der Waals surface area contributed by atoms with E-state index in [-0.39, 0.29) is 5.82 Å². The fourth-order valence-electron chi connectivity index (χ4n) is 5.69. The van der Waals surface area contributed by atoms with E-state index in [1.807, 2.05) is 18.3 Å². The van der Waals surface area contributed by atoms with Crippen molar-refractivity contribution in [2.24, 2.45) is 16.1 Å². The number of carbonyl (C=O) groups is 1. The number of aliphatic hydroxyl groups is 2. The second-order valence-corrected chi connectivity index (χ2v) is 9.95. The highest BCUT2D eigenvalue weighted by molar-refractivity contribution is 5.82. The number of primary amides is 1. The van der Waals surface area contributed by atoms with Crippen LogP contribution in [0.4, 0.5) is 4.39 Å². The Morgan fingerprint density at radius 1 is 1.23 bits per heavy atom. The molecule has 0 spiro atoms. The van der Waals surface area contributed by atoms with Crippen LogP contribution in [0, 0.1) is 11.2 Å². The number of aryl methyl sites for hydroxylation is 1. The zero-order valence-corrected chi connectivity index (χ0v) is 20.3. The first-order valence-electron chi connectivity index (χ1n) is 12.0. The van der Waals surface area contributed by atoms with Gasteiger partial charge in [0, 0.05) is 18.7 Å². The minimum Gasteiger partial charge on any atom is -0.389 e. The van der Waals surface area contributed by atoms with Gasteiger partial charge in [-0.15, -0.1) is 0 Å². The Labute approximate surface area is 205 Å². The Kier molecular flexibility index (Phi) is 7.06. The fourth-order valence-corrected chi connectivity index (χ4v) is 5.69. The number of allylic oxidation sites excluding steroid dienone is 3. The SMILES string of the molecule is C/N=C\C1=C(Cc2ccc(F)cc2)C=C2CCC(O)(CCc3ccccc3C(O)C(N)=O)C2(C)C1. The van der Waals surface area contributed by atoms with Crippen LogP contribution in [0.5, 0.6) is 0 Å². The molecule has 4 N–H and O–H groups in total. The minimum absolute atomic E-state index is 0.251. The summed E-state index contributed by atoms with van der Waals surface area (Å²) in [5.41, 5.74) is 9.70. The third-order valence-electron chi connectivity index (χ3n) is 7.87. The number of aliphatic imine (C=N–C) groups is 1. The molecular weight excluding hydrogens is 443 g/mol. The Morgan fingerprint density at radius 3 is 2.63 bits per heavy atom. The highest BCUT2D eigenvalue weighted by Gasteiger charge is 2.54. The highest BCUT2D eigenvalue weighted by Crippen LogP contribution is 2.57. The molecule has 0 heterocycles. The summed E-state index contributed by atoms with van der Waals surface area (Å²) in [6.07, 6.45) is 6.48. The van der Waals surface area contributed by atoms with Crippen molar-refractivity contribution < 1.29 is 19.4 Å². The second-order valence-electron chi connectivity index (χ2n) is 9.95. The van der Waals surface area contributed by atoms with E-state index in [4.69, 9.17) is 5.73 Å². The lowest BCUT2D eigenvalue weighted by molar-refractivity contribution is -0.126. The molecule has 3 atom stereocenters. The maximum absolute atomic E-state index is 13.4. The first-order valence-corrected chi connectivity index (χ1v) is 12.0.